The lowest BCUT2D eigenvalue weighted by atomic mass is 12.3. The molecule has 0 aliphatic carbocycles. The van der Waals surface area contributed by atoms with E-state index < -0.39 is 0 Å². The molecule has 0 aromatic rings. The van der Waals surface area contributed by atoms with Crippen LogP contribution in [-0.2, 0) is 0 Å². The minimum atomic E-state index is 1.24. The first-order chi connectivity index (χ1) is 1.91. The van der Waals surface area contributed by atoms with E-state index in [1.165, 1.54) is 11.1 Å². The molecule has 0 bridgehead atoms. The first-order valence-corrected chi connectivity index (χ1v) is 1.64. The molecule has 0 saturated carbocycles. The van der Waals surface area contributed by atoms with Gasteiger partial charge in [-0.05, 0) is 0 Å². The van der Waals surface area contributed by atoms with Gasteiger partial charge in [-0.3, -0.25) is 0 Å². The molecule has 0 aromatic carbocycles. The summed E-state index contributed by atoms with van der Waals surface area (Å²) in [6, 6.07) is 0. The molecule has 24 valence electrons. The summed E-state index contributed by atoms with van der Waals surface area (Å²) in [5, 5.41) is 0. The van der Waals surface area contributed by atoms with E-state index in [1.807, 2.05) is 0 Å². The molecule has 0 heterocycles. The summed E-state index contributed by atoms with van der Waals surface area (Å²) in [5.41, 5.74) is 2.48. The molecule has 0 amide bonds. The largest absolute Gasteiger partial charge is 0.0920 e. The summed E-state index contributed by atoms with van der Waals surface area (Å²) in [6.45, 7) is 0. The highest BCUT2D eigenvalue weighted by Gasteiger charge is 1.40. The predicted octanol–water partition coefficient (Wildman–Crippen LogP) is 1.94. The van der Waals surface area contributed by atoms with Gasteiger partial charge < -0.3 is 0 Å². The lowest BCUT2D eigenvalue weighted by molar-refractivity contribution is 2.51. The van der Waals surface area contributed by atoms with Crippen LogP contribution in [0, 0.1) is 0 Å². The standard InChI is InChI=1S/C2H2Cl2/c3-1-2-4/h1-2H/b2-1-/i1+1,2+1. The molecule has 0 aliphatic heterocycles. The Hall–Kier alpha value is 0.320. The summed E-state index contributed by atoms with van der Waals surface area (Å²) in [7, 11) is 0. The van der Waals surface area contributed by atoms with Crippen molar-refractivity contribution in [3.8, 4) is 0 Å². The second-order valence-corrected chi connectivity index (χ2v) is 0.756. The Morgan fingerprint density at radius 1 is 1.00 bits per heavy atom. The Morgan fingerprint density at radius 3 is 1.25 bits per heavy atom. The van der Waals surface area contributed by atoms with Crippen LogP contribution in [-0.4, -0.2) is 0 Å². The molecule has 0 aliphatic rings. The third kappa shape index (κ3) is 2.32. The molecule has 0 radical (unpaired) electrons. The van der Waals surface area contributed by atoms with E-state index in [9.17, 15) is 0 Å². The van der Waals surface area contributed by atoms with Crippen molar-refractivity contribution >= 4 is 23.2 Å². The third-order valence-electron chi connectivity index (χ3n) is 0.0476. The number of rotatable bonds is 0. The SMILES string of the molecule is Cl/[13CH]=[13CH]\Cl. The molecule has 0 rings (SSSR count). The number of hydrogen-bond acceptors (Lipinski definition) is 0. The maximum atomic E-state index is 4.87. The van der Waals surface area contributed by atoms with E-state index >= 15 is 0 Å². The van der Waals surface area contributed by atoms with Crippen LogP contribution < -0.4 is 0 Å². The first-order valence-electron chi connectivity index (χ1n) is 0.770. The Balaban J connectivity index is 2.55. The Labute approximate surface area is 35.0 Å². The zero-order valence-corrected chi connectivity index (χ0v) is 3.42. The van der Waals surface area contributed by atoms with Crippen LogP contribution in [0.4, 0.5) is 0 Å². The number of halogens is 2. The van der Waals surface area contributed by atoms with Gasteiger partial charge in [0.05, 0.1) is 0 Å². The van der Waals surface area contributed by atoms with E-state index in [0.717, 1.165) is 0 Å². The zero-order chi connectivity index (χ0) is 3.41. The highest BCUT2D eigenvalue weighted by Crippen LogP contribution is 1.78. The van der Waals surface area contributed by atoms with Crippen molar-refractivity contribution in [1.82, 2.24) is 0 Å². The van der Waals surface area contributed by atoms with Gasteiger partial charge in [0, 0.05) is 11.1 Å². The fourth-order valence-electron chi connectivity index (χ4n) is 0. The van der Waals surface area contributed by atoms with Crippen molar-refractivity contribution < 1.29 is 0 Å². The maximum absolute atomic E-state index is 4.87. The van der Waals surface area contributed by atoms with Gasteiger partial charge in [0.25, 0.3) is 0 Å². The summed E-state index contributed by atoms with van der Waals surface area (Å²) in [5.74, 6) is 0. The molecule has 2 heteroatoms. The van der Waals surface area contributed by atoms with Crippen molar-refractivity contribution in [2.75, 3.05) is 0 Å². The van der Waals surface area contributed by atoms with E-state index in [1.54, 1.807) is 0 Å². The minimum Gasteiger partial charge on any atom is -0.0920 e. The molecule has 0 aromatic heterocycles. The van der Waals surface area contributed by atoms with Gasteiger partial charge in [0.15, 0.2) is 0 Å². The van der Waals surface area contributed by atoms with Crippen LogP contribution in [0.15, 0.2) is 11.1 Å². The minimum absolute atomic E-state index is 1.24. The molecule has 0 spiro atoms. The van der Waals surface area contributed by atoms with Gasteiger partial charge in [-0.1, -0.05) is 23.2 Å². The van der Waals surface area contributed by atoms with Gasteiger partial charge in [0.1, 0.15) is 0 Å². The van der Waals surface area contributed by atoms with Gasteiger partial charge in [-0.2, -0.15) is 0 Å². The van der Waals surface area contributed by atoms with Crippen LogP contribution in [0.1, 0.15) is 0 Å². The van der Waals surface area contributed by atoms with E-state index in [-0.39, 0.29) is 0 Å². The molecule has 0 saturated heterocycles. The smallest absolute Gasteiger partial charge is 0.0156 e. The first kappa shape index (κ1) is 4.32. The third-order valence-corrected chi connectivity index (χ3v) is 0.429. The molecule has 4 heavy (non-hydrogen) atoms. The zero-order valence-electron chi connectivity index (χ0n) is 1.91. The normalized spacial score (nSPS) is 9.50. The Morgan fingerprint density at radius 2 is 1.25 bits per heavy atom. The number of hydrogen-bond donors (Lipinski definition) is 0. The van der Waals surface area contributed by atoms with Crippen molar-refractivity contribution in [3.05, 3.63) is 11.1 Å². The second kappa shape index (κ2) is 3.32. The fraction of sp³-hybridized carbons (Fsp3) is 0. The average Bonchev–Trinajstić information content (AvgIpc) is 1.37. The van der Waals surface area contributed by atoms with Crippen LogP contribution in [0.3, 0.4) is 0 Å². The van der Waals surface area contributed by atoms with Gasteiger partial charge in [-0.25, -0.2) is 0 Å². The second-order valence-electron chi connectivity index (χ2n) is 0.252. The van der Waals surface area contributed by atoms with Crippen LogP contribution in [0.25, 0.3) is 0 Å². The summed E-state index contributed by atoms with van der Waals surface area (Å²) >= 11 is 9.75. The van der Waals surface area contributed by atoms with E-state index in [4.69, 9.17) is 23.2 Å². The highest BCUT2D eigenvalue weighted by molar-refractivity contribution is 6.33. The lowest BCUT2D eigenvalue weighted by Crippen LogP contribution is -1.11. The molecule has 0 fully saturated rings. The molecular weight excluding hydrogens is 96.9 g/mol. The average molecular weight is 98.9 g/mol. The summed E-state index contributed by atoms with van der Waals surface area (Å²) in [6.07, 6.45) is 0. The lowest BCUT2D eigenvalue weighted by Gasteiger charge is -1.44. The quantitative estimate of drug-likeness (QED) is 0.407. The molecule has 0 atom stereocenters. The van der Waals surface area contributed by atoms with Crippen molar-refractivity contribution in [1.29, 1.82) is 0 Å². The summed E-state index contributed by atoms with van der Waals surface area (Å²) < 4.78 is 0. The molecule has 0 N–H and O–H groups in total. The van der Waals surface area contributed by atoms with Crippen LogP contribution in [0.2, 0.25) is 0 Å². The molecule has 0 nitrogen and oxygen atoms in total. The summed E-state index contributed by atoms with van der Waals surface area (Å²) in [4.78, 5) is 0. The van der Waals surface area contributed by atoms with Crippen LogP contribution >= 0.6 is 23.2 Å². The van der Waals surface area contributed by atoms with E-state index in [0.29, 0.717) is 0 Å². The van der Waals surface area contributed by atoms with Gasteiger partial charge in [0.2, 0.25) is 0 Å². The maximum Gasteiger partial charge on any atom is 0.0156 e. The monoisotopic (exact) mass is 98.0 g/mol. The molecule has 0 unspecified atom stereocenters. The Bertz CT molecular complexity index is 19.2. The molecular formula is C2H2Cl2. The Kier molecular flexibility index (Phi) is 3.59. The van der Waals surface area contributed by atoms with Crippen molar-refractivity contribution in [3.63, 3.8) is 0 Å². The topological polar surface area (TPSA) is 0 Å². The van der Waals surface area contributed by atoms with Crippen LogP contribution in [0.5, 0.6) is 0 Å². The van der Waals surface area contributed by atoms with Crippen molar-refractivity contribution in [2.24, 2.45) is 0 Å². The van der Waals surface area contributed by atoms with Gasteiger partial charge >= 0.3 is 0 Å². The van der Waals surface area contributed by atoms with Crippen molar-refractivity contribution in [2.45, 2.75) is 0 Å². The van der Waals surface area contributed by atoms with Gasteiger partial charge in [-0.15, -0.1) is 0 Å². The highest BCUT2D eigenvalue weighted by atomic mass is 35.5. The fourth-order valence-corrected chi connectivity index (χ4v) is 0. The van der Waals surface area contributed by atoms with E-state index in [2.05, 4.69) is 0 Å². The predicted molar refractivity (Wildman–Crippen MR) is 20.8 cm³/mol.